The monoisotopic (exact) mass is 271 g/mol. The first-order valence-electron chi connectivity index (χ1n) is 6.76. The average Bonchev–Trinajstić information content (AvgIpc) is 2.26. The summed E-state index contributed by atoms with van der Waals surface area (Å²) >= 11 is 0. The van der Waals surface area contributed by atoms with E-state index < -0.39 is 17.7 Å². The molecule has 0 spiro atoms. The Kier molecular flexibility index (Phi) is 5.03. The Morgan fingerprint density at radius 2 is 2.00 bits per heavy atom. The van der Waals surface area contributed by atoms with Gasteiger partial charge in [-0.3, -0.25) is 0 Å². The normalized spacial score (nSPS) is 21.7. The lowest BCUT2D eigenvalue weighted by molar-refractivity contribution is 0.0464. The van der Waals surface area contributed by atoms with Gasteiger partial charge < -0.3 is 20.7 Å². The van der Waals surface area contributed by atoms with Crippen molar-refractivity contribution in [2.45, 2.75) is 64.6 Å². The highest BCUT2D eigenvalue weighted by atomic mass is 16.6. The van der Waals surface area contributed by atoms with Crippen LogP contribution >= 0.6 is 0 Å². The fourth-order valence-electron chi connectivity index (χ4n) is 2.34. The summed E-state index contributed by atoms with van der Waals surface area (Å²) in [4.78, 5) is 24.7. The number of urea groups is 1. The maximum Gasteiger partial charge on any atom is 0.407 e. The predicted molar refractivity (Wildman–Crippen MR) is 72.8 cm³/mol. The maximum absolute atomic E-state index is 11.7. The SMILES string of the molecule is C[C@H](NC(=O)OC(C)(C)C)[C@@H]1CCCCN1C(N)=O. The zero-order chi connectivity index (χ0) is 14.6. The van der Waals surface area contributed by atoms with E-state index in [1.165, 1.54) is 0 Å². The minimum absolute atomic E-state index is 0.0567. The van der Waals surface area contributed by atoms with Crippen molar-refractivity contribution in [3.63, 3.8) is 0 Å². The van der Waals surface area contributed by atoms with Gasteiger partial charge in [0.1, 0.15) is 5.60 Å². The molecule has 0 bridgehead atoms. The van der Waals surface area contributed by atoms with Gasteiger partial charge in [-0.25, -0.2) is 9.59 Å². The summed E-state index contributed by atoms with van der Waals surface area (Å²) in [6.45, 7) is 7.96. The van der Waals surface area contributed by atoms with E-state index in [2.05, 4.69) is 5.32 Å². The number of hydrogen-bond acceptors (Lipinski definition) is 3. The molecule has 0 aliphatic carbocycles. The molecule has 1 saturated heterocycles. The van der Waals surface area contributed by atoms with Gasteiger partial charge in [-0.05, 0) is 47.0 Å². The standard InChI is InChI=1S/C13H25N3O3/c1-9(15-12(18)19-13(2,3)4)10-7-5-6-8-16(10)11(14)17/h9-10H,5-8H2,1-4H3,(H2,14,17)(H,15,18)/t9-,10-/m0/s1. The molecule has 19 heavy (non-hydrogen) atoms. The van der Waals surface area contributed by atoms with Crippen molar-refractivity contribution in [2.75, 3.05) is 6.54 Å². The van der Waals surface area contributed by atoms with Crippen molar-refractivity contribution < 1.29 is 14.3 Å². The van der Waals surface area contributed by atoms with Crippen molar-refractivity contribution in [2.24, 2.45) is 5.73 Å². The average molecular weight is 271 g/mol. The van der Waals surface area contributed by atoms with Crippen LogP contribution in [0.15, 0.2) is 0 Å². The third-order valence-electron chi connectivity index (χ3n) is 3.15. The number of primary amides is 1. The molecule has 1 rings (SSSR count). The van der Waals surface area contributed by atoms with Crippen LogP contribution in [0.4, 0.5) is 9.59 Å². The molecule has 0 saturated carbocycles. The Balaban J connectivity index is 2.58. The second kappa shape index (κ2) is 6.12. The van der Waals surface area contributed by atoms with Crippen molar-refractivity contribution in [3.8, 4) is 0 Å². The minimum Gasteiger partial charge on any atom is -0.444 e. The van der Waals surface area contributed by atoms with E-state index in [4.69, 9.17) is 10.5 Å². The van der Waals surface area contributed by atoms with Crippen molar-refractivity contribution in [1.29, 1.82) is 0 Å². The van der Waals surface area contributed by atoms with Crippen LogP contribution in [0.2, 0.25) is 0 Å². The molecular weight excluding hydrogens is 246 g/mol. The van der Waals surface area contributed by atoms with Crippen molar-refractivity contribution in [3.05, 3.63) is 0 Å². The molecule has 0 aromatic heterocycles. The zero-order valence-electron chi connectivity index (χ0n) is 12.2. The van der Waals surface area contributed by atoms with E-state index >= 15 is 0 Å². The number of carbonyl (C=O) groups is 2. The van der Waals surface area contributed by atoms with Gasteiger partial charge in [0.2, 0.25) is 0 Å². The molecule has 0 aromatic carbocycles. The summed E-state index contributed by atoms with van der Waals surface area (Å²) in [5, 5.41) is 2.78. The minimum atomic E-state index is -0.528. The first-order valence-corrected chi connectivity index (χ1v) is 6.76. The highest BCUT2D eigenvalue weighted by molar-refractivity contribution is 5.73. The molecule has 1 fully saturated rings. The fraction of sp³-hybridized carbons (Fsp3) is 0.846. The van der Waals surface area contributed by atoms with Crippen LogP contribution in [0.5, 0.6) is 0 Å². The molecule has 0 unspecified atom stereocenters. The summed E-state index contributed by atoms with van der Waals surface area (Å²) in [6.07, 6.45) is 2.38. The number of nitrogens with zero attached hydrogens (tertiary/aromatic N) is 1. The quantitative estimate of drug-likeness (QED) is 0.803. The number of piperidine rings is 1. The molecule has 3 N–H and O–H groups in total. The summed E-state index contributed by atoms with van der Waals surface area (Å²) in [6, 6.07) is -0.663. The molecule has 6 nitrogen and oxygen atoms in total. The molecule has 0 radical (unpaired) electrons. The Labute approximate surface area is 114 Å². The number of amides is 3. The number of carbonyl (C=O) groups excluding carboxylic acids is 2. The van der Waals surface area contributed by atoms with E-state index in [0.717, 1.165) is 19.3 Å². The molecule has 1 aliphatic heterocycles. The lowest BCUT2D eigenvalue weighted by Gasteiger charge is -2.38. The van der Waals surface area contributed by atoms with Crippen LogP contribution in [-0.2, 0) is 4.74 Å². The van der Waals surface area contributed by atoms with Crippen molar-refractivity contribution >= 4 is 12.1 Å². The lowest BCUT2D eigenvalue weighted by Crippen LogP contribution is -2.56. The summed E-state index contributed by atoms with van der Waals surface area (Å²) in [7, 11) is 0. The molecular formula is C13H25N3O3. The van der Waals surface area contributed by atoms with Crippen LogP contribution in [0.25, 0.3) is 0 Å². The second-order valence-corrected chi connectivity index (χ2v) is 6.03. The van der Waals surface area contributed by atoms with E-state index in [-0.39, 0.29) is 12.1 Å². The second-order valence-electron chi connectivity index (χ2n) is 6.03. The van der Waals surface area contributed by atoms with Crippen molar-refractivity contribution in [1.82, 2.24) is 10.2 Å². The number of nitrogens with two attached hydrogens (primary N) is 1. The number of nitrogens with one attached hydrogen (secondary N) is 1. The Morgan fingerprint density at radius 1 is 1.37 bits per heavy atom. The number of ether oxygens (including phenoxy) is 1. The third kappa shape index (κ3) is 4.96. The molecule has 6 heteroatoms. The smallest absolute Gasteiger partial charge is 0.407 e. The first-order chi connectivity index (χ1) is 8.70. The predicted octanol–water partition coefficient (Wildman–Crippen LogP) is 1.83. The molecule has 0 aromatic rings. The highest BCUT2D eigenvalue weighted by Gasteiger charge is 2.31. The first kappa shape index (κ1) is 15.6. The maximum atomic E-state index is 11.7. The Bertz CT molecular complexity index is 339. The van der Waals surface area contributed by atoms with Gasteiger partial charge in [0.05, 0.1) is 6.04 Å². The molecule has 2 atom stereocenters. The van der Waals surface area contributed by atoms with Gasteiger partial charge in [-0.15, -0.1) is 0 Å². The largest absolute Gasteiger partial charge is 0.444 e. The number of alkyl carbamates (subject to hydrolysis) is 1. The third-order valence-corrected chi connectivity index (χ3v) is 3.15. The van der Waals surface area contributed by atoms with Gasteiger partial charge in [0.25, 0.3) is 0 Å². The topological polar surface area (TPSA) is 84.7 Å². The summed E-state index contributed by atoms with van der Waals surface area (Å²) < 4.78 is 5.21. The van der Waals surface area contributed by atoms with Gasteiger partial charge in [-0.2, -0.15) is 0 Å². The molecule has 3 amide bonds. The number of rotatable bonds is 2. The number of hydrogen-bond donors (Lipinski definition) is 2. The van der Waals surface area contributed by atoms with Crippen LogP contribution in [-0.4, -0.2) is 41.3 Å². The van der Waals surface area contributed by atoms with Crippen LogP contribution in [0.1, 0.15) is 47.0 Å². The molecule has 110 valence electrons. The number of likely N-dealkylation sites (tertiary alicyclic amines) is 1. The zero-order valence-corrected chi connectivity index (χ0v) is 12.2. The Hall–Kier alpha value is -1.46. The molecule has 1 aliphatic rings. The van der Waals surface area contributed by atoms with E-state index in [1.54, 1.807) is 4.90 Å². The lowest BCUT2D eigenvalue weighted by atomic mass is 9.97. The fourth-order valence-corrected chi connectivity index (χ4v) is 2.34. The van der Waals surface area contributed by atoms with Gasteiger partial charge in [0.15, 0.2) is 0 Å². The summed E-state index contributed by atoms with van der Waals surface area (Å²) in [5.74, 6) is 0. The Morgan fingerprint density at radius 3 is 2.53 bits per heavy atom. The highest BCUT2D eigenvalue weighted by Crippen LogP contribution is 2.19. The van der Waals surface area contributed by atoms with E-state index in [9.17, 15) is 9.59 Å². The van der Waals surface area contributed by atoms with E-state index in [0.29, 0.717) is 6.54 Å². The van der Waals surface area contributed by atoms with Crippen LogP contribution in [0.3, 0.4) is 0 Å². The van der Waals surface area contributed by atoms with Crippen LogP contribution in [0, 0.1) is 0 Å². The van der Waals surface area contributed by atoms with Gasteiger partial charge >= 0.3 is 12.1 Å². The van der Waals surface area contributed by atoms with Gasteiger partial charge in [-0.1, -0.05) is 0 Å². The molecule has 1 heterocycles. The van der Waals surface area contributed by atoms with Crippen LogP contribution < -0.4 is 11.1 Å². The van der Waals surface area contributed by atoms with Gasteiger partial charge in [0, 0.05) is 12.6 Å². The summed E-state index contributed by atoms with van der Waals surface area (Å²) in [5.41, 5.74) is 4.84. The van der Waals surface area contributed by atoms with E-state index in [1.807, 2.05) is 27.7 Å².